The predicted molar refractivity (Wildman–Crippen MR) is 163 cm³/mol. The number of alkyl halides is 1. The molecule has 4 nitrogen and oxygen atoms in total. The maximum atomic E-state index is 12.4. The number of unbranched alkanes of at least 4 members (excludes halogenated alkanes) is 19. The van der Waals surface area contributed by atoms with E-state index < -0.39 is 30.4 Å². The Balaban J connectivity index is 4.31. The average Bonchev–Trinajstić information content (AvgIpc) is 2.93. The van der Waals surface area contributed by atoms with Crippen molar-refractivity contribution in [2.24, 2.45) is 0 Å². The third-order valence-corrected chi connectivity index (χ3v) is 6.86. The number of esters is 2. The summed E-state index contributed by atoms with van der Waals surface area (Å²) >= 11 is 5.69. The summed E-state index contributed by atoms with van der Waals surface area (Å²) in [4.78, 5) is 24.7. The highest BCUT2D eigenvalue weighted by Gasteiger charge is 2.16. The van der Waals surface area contributed by atoms with Gasteiger partial charge in [-0.05, 0) is 38.5 Å². The zero-order chi connectivity index (χ0) is 32.5. The van der Waals surface area contributed by atoms with Crippen LogP contribution in [0.5, 0.6) is 0 Å². The van der Waals surface area contributed by atoms with Crippen molar-refractivity contribution in [1.29, 1.82) is 0 Å². The van der Waals surface area contributed by atoms with Gasteiger partial charge >= 0.3 is 11.9 Å². The fourth-order valence-corrected chi connectivity index (χ4v) is 4.38. The lowest BCUT2D eigenvalue weighted by Gasteiger charge is -2.15. The van der Waals surface area contributed by atoms with Gasteiger partial charge in [-0.15, -0.1) is 11.6 Å². The van der Waals surface area contributed by atoms with Crippen LogP contribution in [0.3, 0.4) is 0 Å². The van der Waals surface area contributed by atoms with Crippen molar-refractivity contribution in [1.82, 2.24) is 0 Å². The van der Waals surface area contributed by atoms with Crippen LogP contribution in [0.4, 0.5) is 0 Å². The van der Waals surface area contributed by atoms with Gasteiger partial charge in [-0.3, -0.25) is 9.59 Å². The van der Waals surface area contributed by atoms with E-state index in [2.05, 4.69) is 26.0 Å². The molecular weight excluding hydrogens is 496 g/mol. The van der Waals surface area contributed by atoms with Crippen LogP contribution in [0.15, 0.2) is 12.2 Å². The van der Waals surface area contributed by atoms with Crippen molar-refractivity contribution in [3.05, 3.63) is 12.2 Å². The highest BCUT2D eigenvalue weighted by atomic mass is 35.5. The van der Waals surface area contributed by atoms with Crippen LogP contribution in [-0.4, -0.2) is 30.4 Å². The first-order valence-corrected chi connectivity index (χ1v) is 16.1. The molecule has 0 aliphatic carbocycles. The average molecular weight is 562 g/mol. The molecule has 0 saturated heterocycles. The van der Waals surface area contributed by atoms with E-state index in [9.17, 15) is 9.59 Å². The molecule has 5 heteroatoms. The lowest BCUT2D eigenvalue weighted by atomic mass is 10.1. The molecule has 0 aliphatic rings. The zero-order valence-electron chi connectivity index (χ0n) is 29.6. The second kappa shape index (κ2) is 30.5. The number of halogens is 1. The normalized spacial score (nSPS) is 15.7. The van der Waals surface area contributed by atoms with Crippen molar-refractivity contribution >= 4 is 23.5 Å². The molecule has 0 rings (SSSR count). The summed E-state index contributed by atoms with van der Waals surface area (Å²) in [5, 5.41) is 0. The molecule has 0 fully saturated rings. The third kappa shape index (κ3) is 28.0. The quantitative estimate of drug-likeness (QED) is 0.0394. The van der Waals surface area contributed by atoms with Gasteiger partial charge in [0.2, 0.25) is 0 Å². The first-order chi connectivity index (χ1) is 20.4. The molecule has 0 aromatic heterocycles. The van der Waals surface area contributed by atoms with Gasteiger partial charge in [-0.1, -0.05) is 129 Å². The highest BCUT2D eigenvalue weighted by molar-refractivity contribution is 6.18. The number of allylic oxidation sites excluding steroid dienone is 2. The topological polar surface area (TPSA) is 52.6 Å². The molecule has 38 heavy (non-hydrogen) atoms. The molecule has 0 aliphatic heterocycles. The molecule has 0 aromatic rings. The molecule has 224 valence electrons. The monoisotopic (exact) mass is 561 g/mol. The second-order valence-electron chi connectivity index (χ2n) is 10.4. The Kier molecular flexibility index (Phi) is 22.9. The van der Waals surface area contributed by atoms with Crippen molar-refractivity contribution in [3.8, 4) is 0 Å². The fourth-order valence-electron chi connectivity index (χ4n) is 4.30. The van der Waals surface area contributed by atoms with Crippen molar-refractivity contribution in [3.63, 3.8) is 0 Å². The van der Waals surface area contributed by atoms with Crippen LogP contribution in [0, 0.1) is 0 Å². The first kappa shape index (κ1) is 28.5. The van der Waals surface area contributed by atoms with Gasteiger partial charge in [0.05, 0.1) is 9.94 Å². The van der Waals surface area contributed by atoms with Gasteiger partial charge in [0.15, 0.2) is 0 Å². The molecule has 0 radical (unpaired) electrons. The van der Waals surface area contributed by atoms with E-state index in [-0.39, 0.29) is 12.8 Å². The zero-order valence-corrected chi connectivity index (χ0v) is 25.4. The van der Waals surface area contributed by atoms with Crippen LogP contribution in [0.2, 0.25) is 0 Å². The molecular formula is C33H61ClO4. The highest BCUT2D eigenvalue weighted by Crippen LogP contribution is 2.13. The molecule has 0 heterocycles. The molecule has 0 aromatic carbocycles. The van der Waals surface area contributed by atoms with Crippen molar-refractivity contribution < 1.29 is 25.9 Å². The van der Waals surface area contributed by atoms with E-state index >= 15 is 0 Å². The van der Waals surface area contributed by atoms with Gasteiger partial charge in [0, 0.05) is 15.6 Å². The predicted octanol–water partition coefficient (Wildman–Crippen LogP) is 10.6. The lowest BCUT2D eigenvalue weighted by molar-refractivity contribution is -0.157. The van der Waals surface area contributed by atoms with Gasteiger partial charge in [-0.25, -0.2) is 0 Å². The molecule has 1 unspecified atom stereocenters. The number of carbonyl (C=O) groups is 2. The van der Waals surface area contributed by atoms with Gasteiger partial charge in [0.1, 0.15) is 12.6 Å². The minimum atomic E-state index is -3.27. The Bertz CT molecular complexity index is 745. The number of hydrogen-bond acceptors (Lipinski definition) is 4. The Morgan fingerprint density at radius 1 is 0.658 bits per heavy atom. The van der Waals surface area contributed by atoms with Gasteiger partial charge in [0.25, 0.3) is 0 Å². The smallest absolute Gasteiger partial charge is 0.306 e. The SMILES string of the molecule is [2H]C([2H])(Cl)C([2H])(OC(=O)CCCCCCC/C=C\CCCCCCCC)C([2H])([2H])OC(=O)CCCCCCCCCCC. The van der Waals surface area contributed by atoms with Gasteiger partial charge in [-0.2, -0.15) is 0 Å². The lowest BCUT2D eigenvalue weighted by Crippen LogP contribution is -2.26. The van der Waals surface area contributed by atoms with E-state index in [1.165, 1.54) is 64.2 Å². The van der Waals surface area contributed by atoms with E-state index in [1.54, 1.807) is 0 Å². The van der Waals surface area contributed by atoms with Crippen LogP contribution < -0.4 is 0 Å². The first-order valence-electron chi connectivity index (χ1n) is 18.2. The summed E-state index contributed by atoms with van der Waals surface area (Å²) < 4.78 is 49.9. The molecule has 0 bridgehead atoms. The van der Waals surface area contributed by atoms with E-state index in [1.807, 2.05) is 0 Å². The van der Waals surface area contributed by atoms with E-state index in [4.69, 9.17) is 27.9 Å². The fraction of sp³-hybridized carbons (Fsp3) is 0.879. The molecule has 0 N–H and O–H groups in total. The van der Waals surface area contributed by atoms with Gasteiger partial charge < -0.3 is 9.47 Å². The number of ether oxygens (including phenoxy) is 2. The van der Waals surface area contributed by atoms with Crippen LogP contribution >= 0.6 is 11.6 Å². The molecule has 0 amide bonds. The Morgan fingerprint density at radius 3 is 1.50 bits per heavy atom. The molecule has 0 spiro atoms. The summed E-state index contributed by atoms with van der Waals surface area (Å²) in [6.07, 6.45) is 24.8. The second-order valence-corrected chi connectivity index (χ2v) is 10.6. The molecule has 1 atom stereocenters. The largest absolute Gasteiger partial charge is 0.462 e. The van der Waals surface area contributed by atoms with Crippen LogP contribution in [0.1, 0.15) is 175 Å². The third-order valence-electron chi connectivity index (χ3n) is 6.69. The number of rotatable bonds is 29. The van der Waals surface area contributed by atoms with Crippen molar-refractivity contribution in [2.75, 3.05) is 12.4 Å². The van der Waals surface area contributed by atoms with E-state index in [0.29, 0.717) is 12.8 Å². The maximum Gasteiger partial charge on any atom is 0.306 e. The Morgan fingerprint density at radius 2 is 1.05 bits per heavy atom. The summed E-state index contributed by atoms with van der Waals surface area (Å²) in [6, 6.07) is 0. The molecule has 0 saturated carbocycles. The van der Waals surface area contributed by atoms with Crippen LogP contribution in [0.25, 0.3) is 0 Å². The Hall–Kier alpha value is -1.03. The summed E-state index contributed by atoms with van der Waals surface area (Å²) in [5.74, 6) is -5.00. The van der Waals surface area contributed by atoms with Crippen LogP contribution in [-0.2, 0) is 19.1 Å². The summed E-state index contributed by atoms with van der Waals surface area (Å²) in [5.41, 5.74) is 0. The van der Waals surface area contributed by atoms with E-state index in [0.717, 1.165) is 64.2 Å². The minimum Gasteiger partial charge on any atom is -0.462 e. The number of hydrogen-bond donors (Lipinski definition) is 0. The standard InChI is InChI=1S/C33H61ClO4/c1-3-5-7-9-11-13-14-15-16-17-18-20-22-24-26-28-33(36)38-31(29-34)30-37-32(35)27-25-23-21-19-12-10-8-6-4-2/h15-16,31H,3-14,17-30H2,1-2H3/b16-15-/i29D2,30D2,31D. The summed E-state index contributed by atoms with van der Waals surface area (Å²) in [7, 11) is 0. The number of carbonyl (C=O) groups excluding carboxylic acids is 2. The maximum absolute atomic E-state index is 12.4. The van der Waals surface area contributed by atoms with Crippen molar-refractivity contribution in [2.45, 2.75) is 174 Å². The summed E-state index contributed by atoms with van der Waals surface area (Å²) in [6.45, 7) is 1.14. The minimum absolute atomic E-state index is 0.0699. The Labute approximate surface area is 248 Å².